The van der Waals surface area contributed by atoms with Gasteiger partial charge in [0.05, 0.1) is 15.6 Å². The first-order valence-corrected chi connectivity index (χ1v) is 8.90. The zero-order valence-electron chi connectivity index (χ0n) is 11.4. The Bertz CT molecular complexity index is 554. The zero-order chi connectivity index (χ0) is 14.6. The third-order valence-corrected chi connectivity index (χ3v) is 5.65. The Morgan fingerprint density at radius 2 is 1.95 bits per heavy atom. The van der Waals surface area contributed by atoms with Crippen molar-refractivity contribution in [1.82, 2.24) is 4.72 Å². The summed E-state index contributed by atoms with van der Waals surface area (Å²) in [6.07, 6.45) is 7.19. The summed E-state index contributed by atoms with van der Waals surface area (Å²) in [5, 5.41) is 0.367. The standard InChI is InChI=1S/C14H21ClN2O2S/c15-13-7-6-12(10-14(13)16)20(18,19)17-9-8-11-4-2-1-3-5-11/h6-7,10-11,17H,1-5,8-9,16H2. The van der Waals surface area contributed by atoms with Gasteiger partial charge in [-0.25, -0.2) is 13.1 Å². The Morgan fingerprint density at radius 1 is 1.25 bits per heavy atom. The second kappa shape index (κ2) is 6.78. The van der Waals surface area contributed by atoms with Crippen molar-refractivity contribution in [2.45, 2.75) is 43.4 Å². The number of anilines is 1. The first-order chi connectivity index (χ1) is 9.49. The number of nitrogens with two attached hydrogens (primary N) is 1. The lowest BCUT2D eigenvalue weighted by molar-refractivity contribution is 0.339. The number of hydrogen-bond acceptors (Lipinski definition) is 3. The summed E-state index contributed by atoms with van der Waals surface area (Å²) in [6.45, 7) is 0.482. The van der Waals surface area contributed by atoms with Gasteiger partial charge in [0.25, 0.3) is 0 Å². The van der Waals surface area contributed by atoms with Gasteiger partial charge < -0.3 is 5.73 Å². The molecule has 0 aromatic heterocycles. The van der Waals surface area contributed by atoms with Crippen molar-refractivity contribution in [2.75, 3.05) is 12.3 Å². The summed E-state index contributed by atoms with van der Waals surface area (Å²) in [5.74, 6) is 0.654. The Morgan fingerprint density at radius 3 is 2.60 bits per heavy atom. The first-order valence-electron chi connectivity index (χ1n) is 7.04. The Labute approximate surface area is 125 Å². The predicted molar refractivity (Wildman–Crippen MR) is 82.2 cm³/mol. The molecule has 0 bridgehead atoms. The summed E-state index contributed by atoms with van der Waals surface area (Å²) < 4.78 is 26.9. The van der Waals surface area contributed by atoms with Gasteiger partial charge in [0.15, 0.2) is 0 Å². The van der Waals surface area contributed by atoms with Gasteiger partial charge in [-0.05, 0) is 30.5 Å². The predicted octanol–water partition coefficient (Wildman–Crippen LogP) is 3.17. The third-order valence-electron chi connectivity index (χ3n) is 3.85. The van der Waals surface area contributed by atoms with Gasteiger partial charge in [-0.1, -0.05) is 43.7 Å². The van der Waals surface area contributed by atoms with Crippen molar-refractivity contribution in [2.24, 2.45) is 5.92 Å². The van der Waals surface area contributed by atoms with Crippen LogP contribution in [0.15, 0.2) is 23.1 Å². The van der Waals surface area contributed by atoms with E-state index >= 15 is 0 Å². The second-order valence-electron chi connectivity index (χ2n) is 5.37. The fourth-order valence-electron chi connectivity index (χ4n) is 2.65. The molecule has 0 radical (unpaired) electrons. The molecule has 1 aliphatic carbocycles. The Balaban J connectivity index is 1.91. The van der Waals surface area contributed by atoms with E-state index in [4.69, 9.17) is 17.3 Å². The van der Waals surface area contributed by atoms with Crippen LogP contribution in [0.25, 0.3) is 0 Å². The molecule has 1 fully saturated rings. The van der Waals surface area contributed by atoms with E-state index in [9.17, 15) is 8.42 Å². The van der Waals surface area contributed by atoms with E-state index < -0.39 is 10.0 Å². The molecule has 2 rings (SSSR count). The fraction of sp³-hybridized carbons (Fsp3) is 0.571. The van der Waals surface area contributed by atoms with Crippen LogP contribution in [0, 0.1) is 5.92 Å². The summed E-state index contributed by atoms with van der Waals surface area (Å²) in [6, 6.07) is 4.37. The van der Waals surface area contributed by atoms with E-state index in [0.717, 1.165) is 6.42 Å². The third kappa shape index (κ3) is 4.11. The summed E-state index contributed by atoms with van der Waals surface area (Å²) in [7, 11) is -3.49. The lowest BCUT2D eigenvalue weighted by atomic mass is 9.87. The van der Waals surface area contributed by atoms with Gasteiger partial charge in [-0.15, -0.1) is 0 Å². The highest BCUT2D eigenvalue weighted by Crippen LogP contribution is 2.26. The smallest absolute Gasteiger partial charge is 0.240 e. The molecule has 0 atom stereocenters. The molecule has 20 heavy (non-hydrogen) atoms. The van der Waals surface area contributed by atoms with Crippen molar-refractivity contribution in [3.05, 3.63) is 23.2 Å². The van der Waals surface area contributed by atoms with E-state index in [0.29, 0.717) is 17.5 Å². The quantitative estimate of drug-likeness (QED) is 0.819. The van der Waals surface area contributed by atoms with E-state index in [1.807, 2.05) is 0 Å². The van der Waals surface area contributed by atoms with Crippen molar-refractivity contribution in [3.8, 4) is 0 Å². The van der Waals surface area contributed by atoms with E-state index in [-0.39, 0.29) is 10.6 Å². The molecule has 3 N–H and O–H groups in total. The van der Waals surface area contributed by atoms with Crippen LogP contribution >= 0.6 is 11.6 Å². The molecule has 1 aromatic rings. The molecule has 1 aliphatic rings. The highest BCUT2D eigenvalue weighted by Gasteiger charge is 2.17. The molecule has 0 heterocycles. The number of nitrogens with one attached hydrogen (secondary N) is 1. The number of sulfonamides is 1. The average Bonchev–Trinajstić information content (AvgIpc) is 2.43. The maximum absolute atomic E-state index is 12.1. The maximum Gasteiger partial charge on any atom is 0.240 e. The van der Waals surface area contributed by atoms with Crippen molar-refractivity contribution < 1.29 is 8.42 Å². The lowest BCUT2D eigenvalue weighted by Gasteiger charge is -2.21. The van der Waals surface area contributed by atoms with Crippen LogP contribution in [0.4, 0.5) is 5.69 Å². The Hall–Kier alpha value is -0.780. The van der Waals surface area contributed by atoms with Crippen LogP contribution in [0.2, 0.25) is 5.02 Å². The van der Waals surface area contributed by atoms with Crippen LogP contribution in [0.5, 0.6) is 0 Å². The van der Waals surface area contributed by atoms with Gasteiger partial charge in [-0.2, -0.15) is 0 Å². The number of rotatable bonds is 5. The van der Waals surface area contributed by atoms with Gasteiger partial charge >= 0.3 is 0 Å². The fourth-order valence-corrected chi connectivity index (χ4v) is 3.85. The van der Waals surface area contributed by atoms with Gasteiger partial charge in [0.2, 0.25) is 10.0 Å². The minimum atomic E-state index is -3.49. The maximum atomic E-state index is 12.1. The minimum Gasteiger partial charge on any atom is -0.397 e. The summed E-state index contributed by atoms with van der Waals surface area (Å²) >= 11 is 5.80. The number of nitrogen functional groups attached to an aromatic ring is 1. The molecule has 0 unspecified atom stereocenters. The van der Waals surface area contributed by atoms with Crippen LogP contribution in [0.1, 0.15) is 38.5 Å². The van der Waals surface area contributed by atoms with Crippen LogP contribution in [-0.2, 0) is 10.0 Å². The van der Waals surface area contributed by atoms with Crippen LogP contribution in [-0.4, -0.2) is 15.0 Å². The van der Waals surface area contributed by atoms with E-state index in [1.165, 1.54) is 50.3 Å². The monoisotopic (exact) mass is 316 g/mol. The zero-order valence-corrected chi connectivity index (χ0v) is 13.0. The first kappa shape index (κ1) is 15.6. The minimum absolute atomic E-state index is 0.169. The molecular formula is C14H21ClN2O2S. The largest absolute Gasteiger partial charge is 0.397 e. The molecule has 0 amide bonds. The summed E-state index contributed by atoms with van der Waals surface area (Å²) in [5.41, 5.74) is 5.92. The normalized spacial score (nSPS) is 17.2. The highest BCUT2D eigenvalue weighted by atomic mass is 35.5. The molecule has 0 spiro atoms. The molecule has 1 aromatic carbocycles. The molecule has 0 saturated heterocycles. The summed E-state index contributed by atoms with van der Waals surface area (Å²) in [4.78, 5) is 0.169. The van der Waals surface area contributed by atoms with Crippen LogP contribution in [0.3, 0.4) is 0 Å². The molecule has 4 nitrogen and oxygen atoms in total. The van der Waals surface area contributed by atoms with Crippen molar-refractivity contribution >= 4 is 27.3 Å². The SMILES string of the molecule is Nc1cc(S(=O)(=O)NCCC2CCCCC2)ccc1Cl. The van der Waals surface area contributed by atoms with Crippen LogP contribution < -0.4 is 10.5 Å². The highest BCUT2D eigenvalue weighted by molar-refractivity contribution is 7.89. The topological polar surface area (TPSA) is 72.2 Å². The molecule has 1 saturated carbocycles. The van der Waals surface area contributed by atoms with E-state index in [1.54, 1.807) is 0 Å². The van der Waals surface area contributed by atoms with Gasteiger partial charge in [-0.3, -0.25) is 0 Å². The molecule has 0 aliphatic heterocycles. The molecule has 112 valence electrons. The second-order valence-corrected chi connectivity index (χ2v) is 7.55. The molecular weight excluding hydrogens is 296 g/mol. The van der Waals surface area contributed by atoms with Gasteiger partial charge in [0, 0.05) is 6.54 Å². The van der Waals surface area contributed by atoms with Crippen molar-refractivity contribution in [1.29, 1.82) is 0 Å². The Kier molecular flexibility index (Phi) is 5.29. The van der Waals surface area contributed by atoms with Crippen molar-refractivity contribution in [3.63, 3.8) is 0 Å². The number of halogens is 1. The number of hydrogen-bond donors (Lipinski definition) is 2. The average molecular weight is 317 g/mol. The molecule has 6 heteroatoms. The number of benzene rings is 1. The van der Waals surface area contributed by atoms with Gasteiger partial charge in [0.1, 0.15) is 0 Å². The lowest BCUT2D eigenvalue weighted by Crippen LogP contribution is -2.26. The van der Waals surface area contributed by atoms with E-state index in [2.05, 4.69) is 4.72 Å².